The lowest BCUT2D eigenvalue weighted by molar-refractivity contribution is -0.187. The zero-order valence-corrected chi connectivity index (χ0v) is 13.2. The highest BCUT2D eigenvalue weighted by Crippen LogP contribution is 2.39. The lowest BCUT2D eigenvalue weighted by atomic mass is 9.83. The van der Waals surface area contributed by atoms with Crippen molar-refractivity contribution in [3.8, 4) is 0 Å². The molecule has 2 fully saturated rings. The number of hydrogen-bond donors (Lipinski definition) is 2. The molecule has 1 atom stereocenters. The van der Waals surface area contributed by atoms with Gasteiger partial charge in [-0.25, -0.2) is 0 Å². The summed E-state index contributed by atoms with van der Waals surface area (Å²) in [7, 11) is 0. The maximum absolute atomic E-state index is 9.34. The molecule has 0 bridgehead atoms. The van der Waals surface area contributed by atoms with E-state index in [-0.39, 0.29) is 12.4 Å². The third-order valence-corrected chi connectivity index (χ3v) is 4.92. The minimum Gasteiger partial charge on any atom is -0.392 e. The molecule has 2 N–H and O–H groups in total. The van der Waals surface area contributed by atoms with Crippen LogP contribution in [0.1, 0.15) is 43.2 Å². The van der Waals surface area contributed by atoms with E-state index in [1.54, 1.807) is 0 Å². The molecule has 1 aromatic rings. The Bertz CT molecular complexity index is 471. The van der Waals surface area contributed by atoms with Crippen molar-refractivity contribution >= 4 is 0 Å². The number of benzene rings is 1. The largest absolute Gasteiger partial charge is 0.392 e. The second-order valence-electron chi connectivity index (χ2n) is 6.46. The quantitative estimate of drug-likeness (QED) is 0.793. The first kappa shape index (κ1) is 15.9. The van der Waals surface area contributed by atoms with Gasteiger partial charge in [-0.05, 0) is 36.4 Å². The molecule has 1 heterocycles. The van der Waals surface area contributed by atoms with Gasteiger partial charge in [0.05, 0.1) is 19.8 Å². The van der Waals surface area contributed by atoms with Crippen molar-refractivity contribution in [1.82, 2.24) is 5.32 Å². The van der Waals surface area contributed by atoms with Gasteiger partial charge in [-0.2, -0.15) is 0 Å². The average Bonchev–Trinajstić information content (AvgIpc) is 2.99. The van der Waals surface area contributed by atoms with Crippen molar-refractivity contribution in [3.05, 3.63) is 35.4 Å². The lowest BCUT2D eigenvalue weighted by Crippen LogP contribution is -2.37. The average molecular weight is 305 g/mol. The molecule has 0 radical (unpaired) electrons. The van der Waals surface area contributed by atoms with Gasteiger partial charge >= 0.3 is 0 Å². The summed E-state index contributed by atoms with van der Waals surface area (Å²) in [6.07, 6.45) is 5.75. The number of aliphatic hydroxyl groups excluding tert-OH is 1. The summed E-state index contributed by atoms with van der Waals surface area (Å²) in [5.41, 5.74) is 2.20. The zero-order valence-electron chi connectivity index (χ0n) is 13.2. The fourth-order valence-electron chi connectivity index (χ4n) is 3.72. The highest BCUT2D eigenvalue weighted by Gasteiger charge is 2.40. The summed E-state index contributed by atoms with van der Waals surface area (Å²) in [6.45, 7) is 3.44. The fraction of sp³-hybridized carbons (Fsp3) is 0.667. The monoisotopic (exact) mass is 305 g/mol. The highest BCUT2D eigenvalue weighted by molar-refractivity contribution is 5.26. The lowest BCUT2D eigenvalue weighted by Gasteiger charge is -2.36. The Morgan fingerprint density at radius 3 is 2.73 bits per heavy atom. The van der Waals surface area contributed by atoms with Crippen molar-refractivity contribution in [1.29, 1.82) is 0 Å². The summed E-state index contributed by atoms with van der Waals surface area (Å²) >= 11 is 0. The van der Waals surface area contributed by atoms with Gasteiger partial charge in [0.25, 0.3) is 0 Å². The smallest absolute Gasteiger partial charge is 0.168 e. The summed E-state index contributed by atoms with van der Waals surface area (Å²) in [4.78, 5) is 0. The van der Waals surface area contributed by atoms with E-state index in [1.807, 2.05) is 18.2 Å². The molecule has 3 rings (SSSR count). The first-order valence-corrected chi connectivity index (χ1v) is 8.48. The molecule has 1 saturated heterocycles. The molecule has 1 aliphatic carbocycles. The molecule has 1 aliphatic heterocycles. The van der Waals surface area contributed by atoms with E-state index in [4.69, 9.17) is 9.47 Å². The summed E-state index contributed by atoms with van der Waals surface area (Å²) in [5.74, 6) is 0.430. The van der Waals surface area contributed by atoms with Gasteiger partial charge in [0.15, 0.2) is 5.79 Å². The molecule has 1 aromatic carbocycles. The molecule has 22 heavy (non-hydrogen) atoms. The van der Waals surface area contributed by atoms with Gasteiger partial charge in [-0.15, -0.1) is 0 Å². The maximum atomic E-state index is 9.34. The Morgan fingerprint density at radius 1 is 1.18 bits per heavy atom. The zero-order chi connectivity index (χ0) is 15.3. The van der Waals surface area contributed by atoms with Crippen LogP contribution in [0.4, 0.5) is 0 Å². The van der Waals surface area contributed by atoms with Crippen molar-refractivity contribution in [3.63, 3.8) is 0 Å². The molecular weight excluding hydrogens is 278 g/mol. The summed E-state index contributed by atoms with van der Waals surface area (Å²) in [6, 6.07) is 8.05. The number of hydrogen-bond acceptors (Lipinski definition) is 4. The van der Waals surface area contributed by atoms with Crippen molar-refractivity contribution in [2.45, 2.75) is 51.0 Å². The van der Waals surface area contributed by atoms with Gasteiger partial charge in [-0.3, -0.25) is 0 Å². The van der Waals surface area contributed by atoms with E-state index < -0.39 is 0 Å². The molecule has 4 heteroatoms. The standard InChI is InChI=1S/C18H27NO3/c20-14-17-6-2-1-5-16(17)13-19-9-7-15-4-3-8-18(12-15)21-10-11-22-18/h1-2,5-6,15,19-20H,3-4,7-14H2. The Morgan fingerprint density at radius 2 is 1.95 bits per heavy atom. The first-order valence-electron chi connectivity index (χ1n) is 8.48. The van der Waals surface area contributed by atoms with Crippen LogP contribution in [0.2, 0.25) is 0 Å². The van der Waals surface area contributed by atoms with Crippen LogP contribution in [0.15, 0.2) is 24.3 Å². The third-order valence-electron chi connectivity index (χ3n) is 4.92. The Balaban J connectivity index is 1.41. The number of ether oxygens (including phenoxy) is 2. The van der Waals surface area contributed by atoms with E-state index >= 15 is 0 Å². The molecule has 0 amide bonds. The normalized spacial score (nSPS) is 24.0. The van der Waals surface area contributed by atoms with Crippen LogP contribution in [-0.4, -0.2) is 30.7 Å². The SMILES string of the molecule is OCc1ccccc1CNCCC1CCCC2(C1)OCCO2. The van der Waals surface area contributed by atoms with E-state index in [0.29, 0.717) is 5.92 Å². The summed E-state index contributed by atoms with van der Waals surface area (Å²) < 4.78 is 11.7. The highest BCUT2D eigenvalue weighted by atomic mass is 16.7. The van der Waals surface area contributed by atoms with E-state index in [2.05, 4.69) is 11.4 Å². The third kappa shape index (κ3) is 3.87. The van der Waals surface area contributed by atoms with Crippen molar-refractivity contribution < 1.29 is 14.6 Å². The van der Waals surface area contributed by atoms with Gasteiger partial charge in [0, 0.05) is 19.4 Å². The van der Waals surface area contributed by atoms with Crippen LogP contribution >= 0.6 is 0 Å². The van der Waals surface area contributed by atoms with Crippen LogP contribution in [-0.2, 0) is 22.6 Å². The van der Waals surface area contributed by atoms with Crippen LogP contribution in [0, 0.1) is 5.92 Å². The van der Waals surface area contributed by atoms with E-state index in [0.717, 1.165) is 51.1 Å². The second-order valence-corrected chi connectivity index (χ2v) is 6.46. The molecule has 1 saturated carbocycles. The van der Waals surface area contributed by atoms with Gasteiger partial charge < -0.3 is 19.9 Å². The Hall–Kier alpha value is -0.940. The second kappa shape index (κ2) is 7.55. The van der Waals surface area contributed by atoms with Crippen LogP contribution in [0.25, 0.3) is 0 Å². The van der Waals surface area contributed by atoms with Gasteiger partial charge in [0.1, 0.15) is 0 Å². The Labute approximate surface area is 132 Å². The van der Waals surface area contributed by atoms with Crippen LogP contribution in [0.5, 0.6) is 0 Å². The predicted octanol–water partition coefficient (Wildman–Crippen LogP) is 2.59. The molecule has 1 unspecified atom stereocenters. The molecule has 1 spiro atoms. The summed E-state index contributed by atoms with van der Waals surface area (Å²) in [5, 5.41) is 12.9. The number of nitrogens with one attached hydrogen (secondary N) is 1. The van der Waals surface area contributed by atoms with Gasteiger partial charge in [0.2, 0.25) is 0 Å². The van der Waals surface area contributed by atoms with E-state index in [9.17, 15) is 5.11 Å². The van der Waals surface area contributed by atoms with Crippen LogP contribution in [0.3, 0.4) is 0 Å². The number of rotatable bonds is 6. The Kier molecular flexibility index (Phi) is 5.47. The molecule has 0 aromatic heterocycles. The predicted molar refractivity (Wildman–Crippen MR) is 85.3 cm³/mol. The molecule has 4 nitrogen and oxygen atoms in total. The minimum absolute atomic E-state index is 0.109. The molecule has 2 aliphatic rings. The minimum atomic E-state index is -0.258. The first-order chi connectivity index (χ1) is 10.8. The van der Waals surface area contributed by atoms with Crippen LogP contribution < -0.4 is 5.32 Å². The van der Waals surface area contributed by atoms with Crippen molar-refractivity contribution in [2.75, 3.05) is 19.8 Å². The van der Waals surface area contributed by atoms with E-state index in [1.165, 1.54) is 18.4 Å². The topological polar surface area (TPSA) is 50.7 Å². The number of aliphatic hydroxyl groups is 1. The maximum Gasteiger partial charge on any atom is 0.168 e. The molecular formula is C18H27NO3. The fourth-order valence-corrected chi connectivity index (χ4v) is 3.72. The van der Waals surface area contributed by atoms with Crippen molar-refractivity contribution in [2.24, 2.45) is 5.92 Å². The van der Waals surface area contributed by atoms with Gasteiger partial charge in [-0.1, -0.05) is 30.7 Å². The molecule has 122 valence electrons.